The van der Waals surface area contributed by atoms with E-state index in [0.29, 0.717) is 0 Å². The van der Waals surface area contributed by atoms with Crippen molar-refractivity contribution < 1.29 is 0 Å². The van der Waals surface area contributed by atoms with Crippen molar-refractivity contribution in [2.75, 3.05) is 6.54 Å². The van der Waals surface area contributed by atoms with Crippen LogP contribution in [0.2, 0.25) is 0 Å². The predicted octanol–water partition coefficient (Wildman–Crippen LogP) is 4.88. The highest BCUT2D eigenvalue weighted by atomic mass is 35.5. The lowest BCUT2D eigenvalue weighted by Gasteiger charge is -2.23. The molecule has 2 aromatic carbocycles. The van der Waals surface area contributed by atoms with Crippen LogP contribution in [0.4, 0.5) is 0 Å². The van der Waals surface area contributed by atoms with Gasteiger partial charge in [0.25, 0.3) is 0 Å². The fraction of sp³-hybridized carbons (Fsp3) is 0.222. The van der Waals surface area contributed by atoms with Gasteiger partial charge in [0.1, 0.15) is 0 Å². The Hall–Kier alpha value is -1.73. The molecule has 0 aliphatic carbocycles. The zero-order valence-electron chi connectivity index (χ0n) is 11.5. The minimum Gasteiger partial charge on any atom is -0.373 e. The second-order valence-corrected chi connectivity index (χ2v) is 5.06. The van der Waals surface area contributed by atoms with Crippen molar-refractivity contribution in [3.8, 4) is 11.1 Å². The monoisotopic (exact) mass is 285 g/mol. The van der Waals surface area contributed by atoms with E-state index in [0.717, 1.165) is 6.54 Å². The molecule has 0 N–H and O–H groups in total. The van der Waals surface area contributed by atoms with Gasteiger partial charge >= 0.3 is 0 Å². The average Bonchev–Trinajstić information content (AvgIpc) is 2.49. The van der Waals surface area contributed by atoms with Crippen molar-refractivity contribution in [3.05, 3.63) is 72.4 Å². The third kappa shape index (κ3) is 3.64. The number of hydrogen-bond donors (Lipinski definition) is 0. The van der Waals surface area contributed by atoms with Crippen LogP contribution in [0, 0.1) is 0 Å². The molecule has 0 amide bonds. The molecule has 0 aromatic heterocycles. The maximum Gasteiger partial charge on any atom is 0.0424 e. The van der Waals surface area contributed by atoms with Crippen LogP contribution in [-0.2, 0) is 6.54 Å². The largest absolute Gasteiger partial charge is 0.373 e. The van der Waals surface area contributed by atoms with E-state index in [1.807, 2.05) is 0 Å². The van der Waals surface area contributed by atoms with Gasteiger partial charge in [-0.25, -0.2) is 0 Å². The summed E-state index contributed by atoms with van der Waals surface area (Å²) in [7, 11) is 0. The molecule has 104 valence electrons. The van der Waals surface area contributed by atoms with Crippen LogP contribution in [0.3, 0.4) is 0 Å². The quantitative estimate of drug-likeness (QED) is 0.776. The molecule has 0 saturated carbocycles. The second-order valence-electron chi connectivity index (χ2n) is 5.06. The lowest BCUT2D eigenvalue weighted by molar-refractivity contribution is 0.348. The Morgan fingerprint density at radius 2 is 1.70 bits per heavy atom. The van der Waals surface area contributed by atoms with Gasteiger partial charge in [-0.15, -0.1) is 12.4 Å². The molecule has 0 spiro atoms. The standard InChI is InChI=1S/C18H19N.ClH/c1-3-9-17(10-4-1)18-11-7-8-16(14-18)15-19-12-5-2-6-13-19;/h1,3-5,7-12,14H,2,6,13,15H2;1H. The summed E-state index contributed by atoms with van der Waals surface area (Å²) < 4.78 is 0. The number of benzene rings is 2. The van der Waals surface area contributed by atoms with Crippen LogP contribution in [0.1, 0.15) is 18.4 Å². The lowest BCUT2D eigenvalue weighted by atomic mass is 10.0. The highest BCUT2D eigenvalue weighted by molar-refractivity contribution is 5.85. The second kappa shape index (κ2) is 7.16. The normalized spacial score (nSPS) is 13.9. The smallest absolute Gasteiger partial charge is 0.0424 e. The molecule has 2 aromatic rings. The van der Waals surface area contributed by atoms with E-state index >= 15 is 0 Å². The molecule has 0 atom stereocenters. The molecule has 1 heterocycles. The molecule has 0 radical (unpaired) electrons. The minimum atomic E-state index is 0. The highest BCUT2D eigenvalue weighted by Gasteiger charge is 2.05. The molecule has 1 aliphatic rings. The SMILES string of the molecule is C1=CN(Cc2cccc(-c3ccccc3)c2)CCC1.Cl. The van der Waals surface area contributed by atoms with Crippen molar-refractivity contribution in [2.45, 2.75) is 19.4 Å². The topological polar surface area (TPSA) is 3.24 Å². The Balaban J connectivity index is 0.00000147. The van der Waals surface area contributed by atoms with Gasteiger partial charge in [-0.2, -0.15) is 0 Å². The fourth-order valence-electron chi connectivity index (χ4n) is 2.56. The van der Waals surface area contributed by atoms with Crippen molar-refractivity contribution in [3.63, 3.8) is 0 Å². The highest BCUT2D eigenvalue weighted by Crippen LogP contribution is 2.21. The molecule has 0 bridgehead atoms. The molecule has 1 aliphatic heterocycles. The first-order chi connectivity index (χ1) is 9.42. The summed E-state index contributed by atoms with van der Waals surface area (Å²) in [5, 5.41) is 0. The zero-order valence-corrected chi connectivity index (χ0v) is 12.4. The van der Waals surface area contributed by atoms with E-state index in [1.165, 1.54) is 36.1 Å². The van der Waals surface area contributed by atoms with E-state index in [4.69, 9.17) is 0 Å². The maximum absolute atomic E-state index is 2.40. The predicted molar refractivity (Wildman–Crippen MR) is 87.9 cm³/mol. The summed E-state index contributed by atoms with van der Waals surface area (Å²) >= 11 is 0. The van der Waals surface area contributed by atoms with Crippen molar-refractivity contribution in [2.24, 2.45) is 0 Å². The van der Waals surface area contributed by atoms with Crippen LogP contribution >= 0.6 is 12.4 Å². The fourth-order valence-corrected chi connectivity index (χ4v) is 2.56. The molecule has 20 heavy (non-hydrogen) atoms. The van der Waals surface area contributed by atoms with Gasteiger partial charge in [0.15, 0.2) is 0 Å². The van der Waals surface area contributed by atoms with E-state index in [-0.39, 0.29) is 12.4 Å². The van der Waals surface area contributed by atoms with Crippen LogP contribution in [-0.4, -0.2) is 11.4 Å². The van der Waals surface area contributed by atoms with Gasteiger partial charge in [0.05, 0.1) is 0 Å². The van der Waals surface area contributed by atoms with Crippen LogP contribution < -0.4 is 0 Å². The van der Waals surface area contributed by atoms with E-state index in [9.17, 15) is 0 Å². The average molecular weight is 286 g/mol. The Morgan fingerprint density at radius 3 is 2.45 bits per heavy atom. The molecular weight excluding hydrogens is 266 g/mol. The van der Waals surface area contributed by atoms with Crippen LogP contribution in [0.25, 0.3) is 11.1 Å². The summed E-state index contributed by atoms with van der Waals surface area (Å²) in [6.07, 6.45) is 7.00. The number of halogens is 1. The van der Waals surface area contributed by atoms with Gasteiger partial charge in [-0.1, -0.05) is 54.6 Å². The summed E-state index contributed by atoms with van der Waals surface area (Å²) in [4.78, 5) is 2.40. The summed E-state index contributed by atoms with van der Waals surface area (Å²) in [5.74, 6) is 0. The van der Waals surface area contributed by atoms with Crippen LogP contribution in [0.15, 0.2) is 66.9 Å². The van der Waals surface area contributed by atoms with Gasteiger partial charge in [-0.3, -0.25) is 0 Å². The summed E-state index contributed by atoms with van der Waals surface area (Å²) in [5.41, 5.74) is 3.98. The first kappa shape index (κ1) is 14.7. The Labute approximate surface area is 127 Å². The molecule has 0 unspecified atom stereocenters. The Morgan fingerprint density at radius 1 is 0.900 bits per heavy atom. The van der Waals surface area contributed by atoms with E-state index in [2.05, 4.69) is 71.8 Å². The van der Waals surface area contributed by atoms with E-state index < -0.39 is 0 Å². The zero-order chi connectivity index (χ0) is 12.9. The Kier molecular flexibility index (Phi) is 5.25. The number of allylic oxidation sites excluding steroid dienone is 1. The van der Waals surface area contributed by atoms with Crippen molar-refractivity contribution >= 4 is 12.4 Å². The minimum absolute atomic E-state index is 0. The molecule has 0 fully saturated rings. The third-order valence-corrected chi connectivity index (χ3v) is 3.55. The van der Waals surface area contributed by atoms with Gasteiger partial charge in [0, 0.05) is 13.1 Å². The molecule has 1 nitrogen and oxygen atoms in total. The molecular formula is C18H20ClN. The van der Waals surface area contributed by atoms with E-state index in [1.54, 1.807) is 0 Å². The van der Waals surface area contributed by atoms with Crippen LogP contribution in [0.5, 0.6) is 0 Å². The lowest BCUT2D eigenvalue weighted by Crippen LogP contribution is -2.20. The number of hydrogen-bond acceptors (Lipinski definition) is 1. The first-order valence-corrected chi connectivity index (χ1v) is 6.97. The third-order valence-electron chi connectivity index (χ3n) is 3.55. The summed E-state index contributed by atoms with van der Waals surface area (Å²) in [6, 6.07) is 19.4. The number of rotatable bonds is 3. The van der Waals surface area contributed by atoms with Gasteiger partial charge in [0.2, 0.25) is 0 Å². The van der Waals surface area contributed by atoms with Gasteiger partial charge < -0.3 is 4.90 Å². The molecule has 2 heteroatoms. The summed E-state index contributed by atoms with van der Waals surface area (Å²) in [6.45, 7) is 2.18. The first-order valence-electron chi connectivity index (χ1n) is 6.97. The Bertz CT molecular complexity index is 563. The van der Waals surface area contributed by atoms with Crippen molar-refractivity contribution in [1.82, 2.24) is 4.90 Å². The van der Waals surface area contributed by atoms with Gasteiger partial charge in [-0.05, 0) is 41.8 Å². The number of nitrogens with zero attached hydrogens (tertiary/aromatic N) is 1. The maximum atomic E-state index is 2.40. The molecule has 3 rings (SSSR count). The van der Waals surface area contributed by atoms with Crippen molar-refractivity contribution in [1.29, 1.82) is 0 Å². The molecule has 0 saturated heterocycles.